The number of aromatic nitrogens is 1. The van der Waals surface area contributed by atoms with Crippen molar-refractivity contribution in [3.63, 3.8) is 0 Å². The highest BCUT2D eigenvalue weighted by molar-refractivity contribution is 7.13. The van der Waals surface area contributed by atoms with Gasteiger partial charge in [0.1, 0.15) is 5.75 Å². The van der Waals surface area contributed by atoms with E-state index in [1.165, 1.54) is 5.56 Å². The van der Waals surface area contributed by atoms with Crippen LogP contribution in [0.2, 0.25) is 0 Å². The van der Waals surface area contributed by atoms with Gasteiger partial charge in [0.2, 0.25) is 0 Å². The van der Waals surface area contributed by atoms with Crippen LogP contribution < -0.4 is 9.64 Å². The van der Waals surface area contributed by atoms with E-state index >= 15 is 0 Å². The number of piperazine rings is 1. The van der Waals surface area contributed by atoms with Crippen LogP contribution in [0, 0.1) is 0 Å². The zero-order valence-electron chi connectivity index (χ0n) is 14.9. The van der Waals surface area contributed by atoms with Crippen molar-refractivity contribution in [3.05, 3.63) is 41.4 Å². The molecule has 3 rings (SSSR count). The zero-order chi connectivity index (χ0) is 17.6. The van der Waals surface area contributed by atoms with E-state index in [2.05, 4.69) is 29.8 Å². The summed E-state index contributed by atoms with van der Waals surface area (Å²) in [6, 6.07) is 8.02. The topological polar surface area (TPSA) is 45.7 Å². The Hall–Kier alpha value is -2.08. The zero-order valence-corrected chi connectivity index (χ0v) is 15.7. The number of hydrogen-bond donors (Lipinski definition) is 0. The van der Waals surface area contributed by atoms with Crippen LogP contribution >= 0.6 is 11.3 Å². The third kappa shape index (κ3) is 4.31. The molecule has 25 heavy (non-hydrogen) atoms. The molecule has 134 valence electrons. The fourth-order valence-electron chi connectivity index (χ4n) is 2.99. The summed E-state index contributed by atoms with van der Waals surface area (Å²) >= 11 is 1.64. The summed E-state index contributed by atoms with van der Waals surface area (Å²) in [4.78, 5) is 20.9. The lowest BCUT2D eigenvalue weighted by Crippen LogP contribution is -2.50. The first kappa shape index (κ1) is 17.7. The van der Waals surface area contributed by atoms with E-state index in [4.69, 9.17) is 4.74 Å². The Bertz CT molecular complexity index is 682. The number of ether oxygens (including phenoxy) is 1. The Balaban J connectivity index is 1.52. The van der Waals surface area contributed by atoms with E-state index in [1.807, 2.05) is 34.7 Å². The maximum atomic E-state index is 12.5. The number of carbonyl (C=O) groups is 1. The molecule has 2 aromatic rings. The first-order chi connectivity index (χ1) is 12.2. The van der Waals surface area contributed by atoms with Crippen LogP contribution in [0.1, 0.15) is 31.7 Å². The summed E-state index contributed by atoms with van der Waals surface area (Å²) in [5.41, 5.74) is 1.17. The number of rotatable bonds is 6. The molecule has 1 aromatic heterocycles. The van der Waals surface area contributed by atoms with E-state index < -0.39 is 0 Å². The summed E-state index contributed by atoms with van der Waals surface area (Å²) in [5.74, 6) is 1.30. The minimum Gasteiger partial charge on any atom is -0.483 e. The van der Waals surface area contributed by atoms with Gasteiger partial charge in [0.25, 0.3) is 5.91 Å². The third-order valence-electron chi connectivity index (χ3n) is 4.74. The predicted octanol–water partition coefficient (Wildman–Crippen LogP) is 3.38. The molecule has 1 aliphatic rings. The summed E-state index contributed by atoms with van der Waals surface area (Å²) in [7, 11) is 0. The maximum absolute atomic E-state index is 12.5. The van der Waals surface area contributed by atoms with Crippen LogP contribution in [-0.4, -0.2) is 48.6 Å². The molecule has 0 N–H and O–H groups in total. The number of nitrogens with zero attached hydrogens (tertiary/aromatic N) is 3. The van der Waals surface area contributed by atoms with Gasteiger partial charge in [-0.05, 0) is 24.0 Å². The lowest BCUT2D eigenvalue weighted by Gasteiger charge is -2.34. The van der Waals surface area contributed by atoms with Crippen molar-refractivity contribution in [2.24, 2.45) is 0 Å². The van der Waals surface area contributed by atoms with Gasteiger partial charge in [-0.15, -0.1) is 11.3 Å². The lowest BCUT2D eigenvalue weighted by atomic mass is 9.98. The van der Waals surface area contributed by atoms with Crippen LogP contribution in [0.4, 0.5) is 5.13 Å². The Morgan fingerprint density at radius 1 is 1.28 bits per heavy atom. The minimum absolute atomic E-state index is 0.0535. The van der Waals surface area contributed by atoms with E-state index in [9.17, 15) is 4.79 Å². The Labute approximate surface area is 153 Å². The molecule has 0 aliphatic carbocycles. The van der Waals surface area contributed by atoms with Crippen molar-refractivity contribution in [2.75, 3.05) is 37.7 Å². The van der Waals surface area contributed by atoms with Gasteiger partial charge < -0.3 is 14.5 Å². The van der Waals surface area contributed by atoms with Gasteiger partial charge in [-0.3, -0.25) is 4.79 Å². The fourth-order valence-corrected chi connectivity index (χ4v) is 3.69. The number of carbonyl (C=O) groups excluding carboxylic acids is 1. The largest absolute Gasteiger partial charge is 0.483 e. The standard InChI is InChI=1S/C19H25N3O2S/c1-3-15(2)16-6-4-5-7-17(16)24-14-18(23)21-9-11-22(12-10-21)19-20-8-13-25-19/h4-8,13,15H,3,9-12,14H2,1-2H3. The summed E-state index contributed by atoms with van der Waals surface area (Å²) < 4.78 is 5.86. The van der Waals surface area contributed by atoms with Gasteiger partial charge in [0, 0.05) is 37.8 Å². The molecular weight excluding hydrogens is 334 g/mol. The molecule has 1 amide bonds. The van der Waals surface area contributed by atoms with Crippen molar-refractivity contribution in [3.8, 4) is 5.75 Å². The minimum atomic E-state index is 0.0535. The van der Waals surface area contributed by atoms with Crippen molar-refractivity contribution in [1.82, 2.24) is 9.88 Å². The lowest BCUT2D eigenvalue weighted by molar-refractivity contribution is -0.133. The quantitative estimate of drug-likeness (QED) is 0.793. The molecule has 1 atom stereocenters. The number of thiazole rings is 1. The summed E-state index contributed by atoms with van der Waals surface area (Å²) in [6.07, 6.45) is 2.87. The monoisotopic (exact) mass is 359 g/mol. The number of benzene rings is 1. The van der Waals surface area contributed by atoms with E-state index in [-0.39, 0.29) is 12.5 Å². The van der Waals surface area contributed by atoms with Gasteiger partial charge in [0.15, 0.2) is 11.7 Å². The fraction of sp³-hybridized carbons (Fsp3) is 0.474. The highest BCUT2D eigenvalue weighted by Gasteiger charge is 2.23. The van der Waals surface area contributed by atoms with Crippen molar-refractivity contribution >= 4 is 22.4 Å². The maximum Gasteiger partial charge on any atom is 0.260 e. The molecule has 0 bridgehead atoms. The first-order valence-corrected chi connectivity index (χ1v) is 9.71. The number of hydrogen-bond acceptors (Lipinski definition) is 5. The third-order valence-corrected chi connectivity index (χ3v) is 5.57. The molecule has 0 spiro atoms. The molecule has 1 aliphatic heterocycles. The second-order valence-electron chi connectivity index (χ2n) is 6.32. The van der Waals surface area contributed by atoms with Crippen LogP contribution in [0.25, 0.3) is 0 Å². The second-order valence-corrected chi connectivity index (χ2v) is 7.19. The molecule has 1 aromatic carbocycles. The van der Waals surface area contributed by atoms with Crippen molar-refractivity contribution < 1.29 is 9.53 Å². The van der Waals surface area contributed by atoms with Crippen molar-refractivity contribution in [1.29, 1.82) is 0 Å². The van der Waals surface area contributed by atoms with Crippen LogP contribution in [0.5, 0.6) is 5.75 Å². The second kappa shape index (κ2) is 8.34. The molecule has 6 heteroatoms. The van der Waals surface area contributed by atoms with Crippen LogP contribution in [0.3, 0.4) is 0 Å². The van der Waals surface area contributed by atoms with Crippen LogP contribution in [-0.2, 0) is 4.79 Å². The molecule has 2 heterocycles. The summed E-state index contributed by atoms with van der Waals surface area (Å²) in [5, 5.41) is 3.01. The normalized spacial score (nSPS) is 15.9. The predicted molar refractivity (Wildman–Crippen MR) is 102 cm³/mol. The van der Waals surface area contributed by atoms with Gasteiger partial charge in [-0.2, -0.15) is 0 Å². The molecule has 1 unspecified atom stereocenters. The average molecular weight is 359 g/mol. The molecule has 1 saturated heterocycles. The van der Waals surface area contributed by atoms with Crippen LogP contribution in [0.15, 0.2) is 35.8 Å². The Morgan fingerprint density at radius 2 is 2.04 bits per heavy atom. The molecule has 5 nitrogen and oxygen atoms in total. The number of anilines is 1. The molecular formula is C19H25N3O2S. The molecule has 0 saturated carbocycles. The average Bonchev–Trinajstić information content (AvgIpc) is 3.20. The van der Waals surface area contributed by atoms with Gasteiger partial charge in [-0.1, -0.05) is 32.0 Å². The van der Waals surface area contributed by atoms with E-state index in [0.717, 1.165) is 43.5 Å². The first-order valence-electron chi connectivity index (χ1n) is 8.83. The van der Waals surface area contributed by atoms with Gasteiger partial charge in [-0.25, -0.2) is 4.98 Å². The van der Waals surface area contributed by atoms with Gasteiger partial charge in [0.05, 0.1) is 0 Å². The summed E-state index contributed by atoms with van der Waals surface area (Å²) in [6.45, 7) is 7.52. The highest BCUT2D eigenvalue weighted by Crippen LogP contribution is 2.28. The van der Waals surface area contributed by atoms with E-state index in [1.54, 1.807) is 11.3 Å². The van der Waals surface area contributed by atoms with E-state index in [0.29, 0.717) is 5.92 Å². The van der Waals surface area contributed by atoms with Crippen molar-refractivity contribution in [2.45, 2.75) is 26.2 Å². The molecule has 1 fully saturated rings. The highest BCUT2D eigenvalue weighted by atomic mass is 32.1. The smallest absolute Gasteiger partial charge is 0.260 e. The molecule has 0 radical (unpaired) electrons. The number of para-hydroxylation sites is 1. The number of amides is 1. The SMILES string of the molecule is CCC(C)c1ccccc1OCC(=O)N1CCN(c2nccs2)CC1. The van der Waals surface area contributed by atoms with Gasteiger partial charge >= 0.3 is 0 Å². The Morgan fingerprint density at radius 3 is 2.72 bits per heavy atom. The Kier molecular flexibility index (Phi) is 5.91.